The number of hydrogen-bond donors (Lipinski definition) is 0. The molecule has 1 aliphatic rings. The van der Waals surface area contributed by atoms with Crippen LogP contribution in [0.2, 0.25) is 0 Å². The van der Waals surface area contributed by atoms with Gasteiger partial charge >= 0.3 is 0 Å². The van der Waals surface area contributed by atoms with E-state index in [-0.39, 0.29) is 23.1 Å². The van der Waals surface area contributed by atoms with Gasteiger partial charge in [-0.3, -0.25) is 0 Å². The Balaban J connectivity index is 2.29. The van der Waals surface area contributed by atoms with E-state index in [1.807, 2.05) is 13.8 Å². The summed E-state index contributed by atoms with van der Waals surface area (Å²) < 4.78 is 36.9. The molecule has 18 heavy (non-hydrogen) atoms. The van der Waals surface area contributed by atoms with Crippen molar-refractivity contribution in [2.45, 2.75) is 37.0 Å². The summed E-state index contributed by atoms with van der Waals surface area (Å²) in [5, 5.41) is -0.0564. The monoisotopic (exact) mass is 293 g/mol. The SMILES string of the molecule is CC1CN(S(=O)(=O)c2ccc(CCl)o2)C(C)CO1. The number of sulfonamides is 1. The largest absolute Gasteiger partial charge is 0.447 e. The summed E-state index contributed by atoms with van der Waals surface area (Å²) in [4.78, 5) is 0. The zero-order valence-electron chi connectivity index (χ0n) is 10.3. The number of morpholine rings is 1. The highest BCUT2D eigenvalue weighted by Crippen LogP contribution is 2.24. The Morgan fingerprint density at radius 1 is 1.44 bits per heavy atom. The molecule has 1 aromatic rings. The Morgan fingerprint density at radius 3 is 2.78 bits per heavy atom. The Hall–Kier alpha value is -0.560. The van der Waals surface area contributed by atoms with Crippen molar-refractivity contribution >= 4 is 21.6 Å². The average Bonchev–Trinajstić information content (AvgIpc) is 2.81. The minimum Gasteiger partial charge on any atom is -0.447 e. The number of furan rings is 1. The lowest BCUT2D eigenvalue weighted by Crippen LogP contribution is -2.49. The van der Waals surface area contributed by atoms with Crippen molar-refractivity contribution < 1.29 is 17.6 Å². The van der Waals surface area contributed by atoms with Gasteiger partial charge in [0.15, 0.2) is 0 Å². The molecule has 2 heterocycles. The van der Waals surface area contributed by atoms with Crippen LogP contribution in [-0.2, 0) is 20.6 Å². The fourth-order valence-corrected chi connectivity index (χ4v) is 3.66. The molecule has 0 amide bonds. The summed E-state index contributed by atoms with van der Waals surface area (Å²) in [7, 11) is -3.61. The summed E-state index contributed by atoms with van der Waals surface area (Å²) in [5.74, 6) is 0.606. The third-order valence-corrected chi connectivity index (χ3v) is 5.00. The maximum absolute atomic E-state index is 12.4. The second-order valence-corrected chi connectivity index (χ2v) is 6.51. The van der Waals surface area contributed by atoms with E-state index in [0.29, 0.717) is 18.9 Å². The molecule has 0 spiro atoms. The normalized spacial score (nSPS) is 26.4. The minimum absolute atomic E-state index is 0.0564. The highest BCUT2D eigenvalue weighted by molar-refractivity contribution is 7.89. The number of alkyl halides is 1. The molecule has 2 atom stereocenters. The third-order valence-electron chi connectivity index (χ3n) is 2.88. The van der Waals surface area contributed by atoms with Crippen LogP contribution >= 0.6 is 11.6 Å². The van der Waals surface area contributed by atoms with Gasteiger partial charge in [0.1, 0.15) is 5.76 Å². The molecular weight excluding hydrogens is 278 g/mol. The molecule has 102 valence electrons. The minimum atomic E-state index is -3.61. The summed E-state index contributed by atoms with van der Waals surface area (Å²) in [6.45, 7) is 4.39. The molecular formula is C11H16ClNO4S. The molecule has 0 saturated carbocycles. The predicted molar refractivity (Wildman–Crippen MR) is 67.0 cm³/mol. The van der Waals surface area contributed by atoms with Gasteiger partial charge in [-0.05, 0) is 26.0 Å². The smallest absolute Gasteiger partial charge is 0.276 e. The van der Waals surface area contributed by atoms with E-state index >= 15 is 0 Å². The highest BCUT2D eigenvalue weighted by Gasteiger charge is 2.35. The van der Waals surface area contributed by atoms with E-state index in [2.05, 4.69) is 0 Å². The lowest BCUT2D eigenvalue weighted by molar-refractivity contribution is -0.0174. The zero-order chi connectivity index (χ0) is 13.3. The van der Waals surface area contributed by atoms with Gasteiger partial charge in [0.25, 0.3) is 10.0 Å². The molecule has 2 unspecified atom stereocenters. The molecule has 1 aromatic heterocycles. The predicted octanol–water partition coefficient (Wildman–Crippen LogP) is 1.82. The fraction of sp³-hybridized carbons (Fsp3) is 0.636. The molecule has 1 fully saturated rings. The molecule has 7 heteroatoms. The van der Waals surface area contributed by atoms with E-state index in [0.717, 1.165) is 0 Å². The lowest BCUT2D eigenvalue weighted by atomic mass is 10.2. The van der Waals surface area contributed by atoms with Gasteiger partial charge in [0.05, 0.1) is 18.6 Å². The highest BCUT2D eigenvalue weighted by atomic mass is 35.5. The summed E-state index contributed by atoms with van der Waals surface area (Å²) in [5.41, 5.74) is 0. The molecule has 2 rings (SSSR count). The van der Waals surface area contributed by atoms with Gasteiger partial charge in [-0.15, -0.1) is 11.6 Å². The van der Waals surface area contributed by atoms with Crippen molar-refractivity contribution in [1.29, 1.82) is 0 Å². The first-order valence-electron chi connectivity index (χ1n) is 5.73. The molecule has 0 N–H and O–H groups in total. The maximum atomic E-state index is 12.4. The number of nitrogens with zero attached hydrogens (tertiary/aromatic N) is 1. The van der Waals surface area contributed by atoms with E-state index in [9.17, 15) is 8.42 Å². The molecule has 5 nitrogen and oxygen atoms in total. The Labute approximate surface area is 112 Å². The van der Waals surface area contributed by atoms with Crippen molar-refractivity contribution in [2.24, 2.45) is 0 Å². The standard InChI is InChI=1S/C11H16ClNO4S/c1-8-7-16-9(2)6-13(8)18(14,15)11-4-3-10(5-12)17-11/h3-4,8-9H,5-7H2,1-2H3. The zero-order valence-corrected chi connectivity index (χ0v) is 11.9. The Morgan fingerprint density at radius 2 is 2.17 bits per heavy atom. The van der Waals surface area contributed by atoms with Crippen LogP contribution < -0.4 is 0 Å². The Kier molecular flexibility index (Phi) is 4.01. The first kappa shape index (κ1) is 13.9. The van der Waals surface area contributed by atoms with Crippen LogP contribution in [0.25, 0.3) is 0 Å². The number of hydrogen-bond acceptors (Lipinski definition) is 4. The second-order valence-electron chi connectivity index (χ2n) is 4.42. The topological polar surface area (TPSA) is 59.8 Å². The van der Waals surface area contributed by atoms with Crippen LogP contribution in [0.5, 0.6) is 0 Å². The van der Waals surface area contributed by atoms with Crippen molar-refractivity contribution in [3.8, 4) is 0 Å². The first-order chi connectivity index (χ1) is 8.45. The van der Waals surface area contributed by atoms with E-state index in [1.54, 1.807) is 6.07 Å². The van der Waals surface area contributed by atoms with Crippen molar-refractivity contribution in [2.75, 3.05) is 13.2 Å². The van der Waals surface area contributed by atoms with Crippen molar-refractivity contribution in [3.05, 3.63) is 17.9 Å². The Bertz CT molecular complexity index is 513. The van der Waals surface area contributed by atoms with Crippen LogP contribution in [0.3, 0.4) is 0 Å². The van der Waals surface area contributed by atoms with Gasteiger partial charge in [-0.25, -0.2) is 8.42 Å². The summed E-state index contributed by atoms with van der Waals surface area (Å²) in [6.07, 6.45) is -0.113. The molecule has 0 aromatic carbocycles. The maximum Gasteiger partial charge on any atom is 0.276 e. The van der Waals surface area contributed by atoms with Crippen LogP contribution in [0.1, 0.15) is 19.6 Å². The van der Waals surface area contributed by atoms with Crippen molar-refractivity contribution in [1.82, 2.24) is 4.31 Å². The van der Waals surface area contributed by atoms with Gasteiger partial charge in [0, 0.05) is 12.6 Å². The molecule has 0 bridgehead atoms. The lowest BCUT2D eigenvalue weighted by Gasteiger charge is -2.34. The molecule has 0 aliphatic carbocycles. The summed E-state index contributed by atoms with van der Waals surface area (Å²) in [6, 6.07) is 2.82. The number of rotatable bonds is 3. The van der Waals surface area contributed by atoms with Gasteiger partial charge < -0.3 is 9.15 Å². The van der Waals surface area contributed by atoms with E-state index < -0.39 is 10.0 Å². The molecule has 0 radical (unpaired) electrons. The van der Waals surface area contributed by atoms with Crippen LogP contribution in [0.4, 0.5) is 0 Å². The quantitative estimate of drug-likeness (QED) is 0.798. The van der Waals surface area contributed by atoms with Crippen LogP contribution in [-0.4, -0.2) is 38.0 Å². The van der Waals surface area contributed by atoms with Crippen LogP contribution in [0.15, 0.2) is 21.6 Å². The van der Waals surface area contributed by atoms with Gasteiger partial charge in [-0.1, -0.05) is 0 Å². The summed E-state index contributed by atoms with van der Waals surface area (Å²) >= 11 is 5.61. The van der Waals surface area contributed by atoms with E-state index in [4.69, 9.17) is 20.8 Å². The molecule has 1 aliphatic heterocycles. The number of ether oxygens (including phenoxy) is 1. The number of halogens is 1. The van der Waals surface area contributed by atoms with Gasteiger partial charge in [0.2, 0.25) is 5.09 Å². The third kappa shape index (κ3) is 2.56. The fourth-order valence-electron chi connectivity index (χ4n) is 1.89. The average molecular weight is 294 g/mol. The second kappa shape index (κ2) is 5.21. The van der Waals surface area contributed by atoms with Gasteiger partial charge in [-0.2, -0.15) is 4.31 Å². The molecule has 1 saturated heterocycles. The first-order valence-corrected chi connectivity index (χ1v) is 7.70. The van der Waals surface area contributed by atoms with E-state index in [1.165, 1.54) is 10.4 Å². The van der Waals surface area contributed by atoms with Crippen LogP contribution in [0, 0.1) is 0 Å². The van der Waals surface area contributed by atoms with Crippen molar-refractivity contribution in [3.63, 3.8) is 0 Å².